The highest BCUT2D eigenvalue weighted by Gasteiger charge is 2.46. The Kier molecular flexibility index (Phi) is 7.59. The fourth-order valence-corrected chi connectivity index (χ4v) is 4.78. The van der Waals surface area contributed by atoms with Gasteiger partial charge in [0.05, 0.1) is 38.6 Å². The molecule has 204 valence electrons. The van der Waals surface area contributed by atoms with E-state index >= 15 is 0 Å². The van der Waals surface area contributed by atoms with Crippen molar-refractivity contribution in [1.29, 1.82) is 0 Å². The molecule has 1 aliphatic heterocycles. The van der Waals surface area contributed by atoms with Gasteiger partial charge in [-0.25, -0.2) is 0 Å². The summed E-state index contributed by atoms with van der Waals surface area (Å²) in [6.45, 7) is 2.46. The lowest BCUT2D eigenvalue weighted by molar-refractivity contribution is -0.140. The lowest BCUT2D eigenvalue weighted by atomic mass is 9.95. The number of amides is 1. The van der Waals surface area contributed by atoms with Crippen LogP contribution in [0.25, 0.3) is 5.76 Å². The zero-order chi connectivity index (χ0) is 28.2. The molecule has 0 aliphatic carbocycles. The average molecular weight is 540 g/mol. The van der Waals surface area contributed by atoms with E-state index in [0.29, 0.717) is 40.7 Å². The molecule has 0 saturated carbocycles. The van der Waals surface area contributed by atoms with Crippen molar-refractivity contribution in [2.75, 3.05) is 14.2 Å². The summed E-state index contributed by atoms with van der Waals surface area (Å²) < 4.78 is 22.2. The fourth-order valence-electron chi connectivity index (χ4n) is 4.78. The van der Waals surface area contributed by atoms with E-state index in [9.17, 15) is 14.7 Å². The second kappa shape index (κ2) is 11.4. The molecule has 0 unspecified atom stereocenters. The summed E-state index contributed by atoms with van der Waals surface area (Å²) in [5, 5.41) is 11.4. The molecule has 0 bridgehead atoms. The standard InChI is InChI=1S/C32H29NO7/c1-20-7-4-5-8-23(20)19-40-24-13-10-21(11-14-24)30(34)28-29(22-12-15-26(37-2)27(17-22)38-3)33(32(36)31(28)35)18-25-9-6-16-39-25/h4-17,29,34H,18-19H2,1-3H3/b30-28+/t29-/m0/s1. The third-order valence-electron chi connectivity index (χ3n) is 6.95. The van der Waals surface area contributed by atoms with Crippen LogP contribution in [0.1, 0.15) is 34.1 Å². The van der Waals surface area contributed by atoms with Crippen LogP contribution in [0.2, 0.25) is 0 Å². The van der Waals surface area contributed by atoms with Crippen molar-refractivity contribution in [1.82, 2.24) is 4.90 Å². The largest absolute Gasteiger partial charge is 0.507 e. The van der Waals surface area contributed by atoms with Crippen molar-refractivity contribution in [2.24, 2.45) is 0 Å². The predicted molar refractivity (Wildman–Crippen MR) is 148 cm³/mol. The third-order valence-corrected chi connectivity index (χ3v) is 6.95. The van der Waals surface area contributed by atoms with Crippen molar-refractivity contribution in [2.45, 2.75) is 26.1 Å². The predicted octanol–water partition coefficient (Wildman–Crippen LogP) is 5.81. The number of ether oxygens (including phenoxy) is 3. The zero-order valence-electron chi connectivity index (χ0n) is 22.4. The minimum absolute atomic E-state index is 0.0302. The number of hydrogen-bond donors (Lipinski definition) is 1. The Morgan fingerprint density at radius 1 is 0.925 bits per heavy atom. The van der Waals surface area contributed by atoms with Crippen molar-refractivity contribution in [3.63, 3.8) is 0 Å². The molecule has 8 nitrogen and oxygen atoms in total. The summed E-state index contributed by atoms with van der Waals surface area (Å²) in [6, 6.07) is 22.4. The molecule has 1 atom stereocenters. The molecule has 0 spiro atoms. The topological polar surface area (TPSA) is 98.4 Å². The Balaban J connectivity index is 1.51. The van der Waals surface area contributed by atoms with Crippen molar-refractivity contribution in [3.8, 4) is 17.2 Å². The van der Waals surface area contributed by atoms with Crippen LogP contribution in [0.4, 0.5) is 0 Å². The molecule has 8 heteroatoms. The number of ketones is 1. The van der Waals surface area contributed by atoms with E-state index in [2.05, 4.69) is 0 Å². The number of aliphatic hydroxyl groups excluding tert-OH is 1. The molecule has 0 radical (unpaired) electrons. The number of benzene rings is 3. The molecule has 3 aromatic carbocycles. The molecular weight excluding hydrogens is 510 g/mol. The van der Waals surface area contributed by atoms with Gasteiger partial charge in [0.1, 0.15) is 23.9 Å². The first kappa shape index (κ1) is 26.6. The number of carbonyl (C=O) groups excluding carboxylic acids is 2. The van der Waals surface area contributed by atoms with E-state index in [1.807, 2.05) is 31.2 Å². The Labute approximate surface area is 232 Å². The smallest absolute Gasteiger partial charge is 0.296 e. The first-order valence-corrected chi connectivity index (χ1v) is 12.7. The molecule has 1 fully saturated rings. The lowest BCUT2D eigenvalue weighted by Crippen LogP contribution is -2.29. The molecule has 1 amide bonds. The monoisotopic (exact) mass is 539 g/mol. The van der Waals surface area contributed by atoms with Crippen molar-refractivity contribution >= 4 is 17.4 Å². The fraction of sp³-hybridized carbons (Fsp3) is 0.188. The van der Waals surface area contributed by atoms with E-state index in [4.69, 9.17) is 18.6 Å². The number of hydrogen-bond acceptors (Lipinski definition) is 7. The summed E-state index contributed by atoms with van der Waals surface area (Å²) in [7, 11) is 3.03. The van der Waals surface area contributed by atoms with Gasteiger partial charge in [-0.1, -0.05) is 30.3 Å². The van der Waals surface area contributed by atoms with Gasteiger partial charge in [0.2, 0.25) is 0 Å². The van der Waals surface area contributed by atoms with Gasteiger partial charge in [0.25, 0.3) is 11.7 Å². The number of carbonyl (C=O) groups is 2. The summed E-state index contributed by atoms with van der Waals surface area (Å²) in [5.74, 6) is 0.219. The summed E-state index contributed by atoms with van der Waals surface area (Å²) in [4.78, 5) is 28.0. The summed E-state index contributed by atoms with van der Waals surface area (Å²) >= 11 is 0. The number of Topliss-reactive ketones (excluding diaryl/α,β-unsaturated/α-hetero) is 1. The number of furan rings is 1. The first-order chi connectivity index (χ1) is 19.4. The number of aryl methyl sites for hydroxylation is 1. The normalized spacial score (nSPS) is 16.3. The molecule has 1 aromatic heterocycles. The maximum absolute atomic E-state index is 13.4. The van der Waals surface area contributed by atoms with E-state index in [1.165, 1.54) is 25.4 Å². The first-order valence-electron chi connectivity index (χ1n) is 12.7. The molecule has 1 N–H and O–H groups in total. The van der Waals surface area contributed by atoms with Gasteiger partial charge >= 0.3 is 0 Å². The van der Waals surface area contributed by atoms with Crippen molar-refractivity contribution in [3.05, 3.63) is 119 Å². The highest BCUT2D eigenvalue weighted by atomic mass is 16.5. The van der Waals surface area contributed by atoms with E-state index in [-0.39, 0.29) is 17.9 Å². The van der Waals surface area contributed by atoms with Crippen LogP contribution in [0.5, 0.6) is 17.2 Å². The van der Waals surface area contributed by atoms with Gasteiger partial charge in [0, 0.05) is 5.56 Å². The Bertz CT molecular complexity index is 1550. The number of aliphatic hydroxyl groups is 1. The highest BCUT2D eigenvalue weighted by molar-refractivity contribution is 6.46. The number of methoxy groups -OCH3 is 2. The Hall–Kier alpha value is -4.98. The van der Waals surface area contributed by atoms with Gasteiger partial charge in [-0.2, -0.15) is 0 Å². The Morgan fingerprint density at radius 2 is 1.68 bits per heavy atom. The van der Waals surface area contributed by atoms with Crippen LogP contribution < -0.4 is 14.2 Å². The van der Waals surface area contributed by atoms with Gasteiger partial charge in [-0.15, -0.1) is 0 Å². The molecule has 4 aromatic rings. The van der Waals surface area contributed by atoms with Crippen LogP contribution >= 0.6 is 0 Å². The zero-order valence-corrected chi connectivity index (χ0v) is 22.4. The molecule has 40 heavy (non-hydrogen) atoms. The number of nitrogens with zero attached hydrogens (tertiary/aromatic N) is 1. The summed E-state index contributed by atoms with van der Waals surface area (Å²) in [6.07, 6.45) is 1.50. The number of rotatable bonds is 9. The van der Waals surface area contributed by atoms with Crippen LogP contribution in [-0.2, 0) is 22.7 Å². The number of likely N-dealkylation sites (tertiary alicyclic amines) is 1. The Morgan fingerprint density at radius 3 is 2.35 bits per heavy atom. The average Bonchev–Trinajstić information content (AvgIpc) is 3.58. The van der Waals surface area contributed by atoms with Gasteiger partial charge < -0.3 is 28.6 Å². The minimum Gasteiger partial charge on any atom is -0.507 e. The van der Waals surface area contributed by atoms with E-state index < -0.39 is 17.7 Å². The van der Waals surface area contributed by atoms with Gasteiger partial charge in [-0.3, -0.25) is 9.59 Å². The maximum atomic E-state index is 13.4. The minimum atomic E-state index is -0.887. The quantitative estimate of drug-likeness (QED) is 0.163. The van der Waals surface area contributed by atoms with Crippen LogP contribution in [0.15, 0.2) is 95.1 Å². The van der Waals surface area contributed by atoms with Crippen molar-refractivity contribution < 1.29 is 33.3 Å². The SMILES string of the molecule is COc1ccc([C@H]2/C(=C(\O)c3ccc(OCc4ccccc4C)cc3)C(=O)C(=O)N2Cc2ccco2)cc1OC. The maximum Gasteiger partial charge on any atom is 0.296 e. The second-order valence-corrected chi connectivity index (χ2v) is 9.36. The van der Waals surface area contributed by atoms with E-state index in [0.717, 1.165) is 11.1 Å². The molecule has 2 heterocycles. The van der Waals surface area contributed by atoms with Gasteiger partial charge in [0.15, 0.2) is 11.5 Å². The molecule has 5 rings (SSSR count). The molecule has 1 aliphatic rings. The third kappa shape index (κ3) is 5.16. The second-order valence-electron chi connectivity index (χ2n) is 9.36. The highest BCUT2D eigenvalue weighted by Crippen LogP contribution is 2.42. The van der Waals surface area contributed by atoms with Crippen LogP contribution in [0, 0.1) is 6.92 Å². The molecular formula is C32H29NO7. The van der Waals surface area contributed by atoms with Crippen LogP contribution in [-0.4, -0.2) is 35.9 Å². The lowest BCUT2D eigenvalue weighted by Gasteiger charge is -2.25. The molecule has 1 saturated heterocycles. The van der Waals surface area contributed by atoms with Gasteiger partial charge in [-0.05, 0) is 72.1 Å². The van der Waals surface area contributed by atoms with E-state index in [1.54, 1.807) is 54.6 Å². The summed E-state index contributed by atoms with van der Waals surface area (Å²) in [5.41, 5.74) is 3.12. The van der Waals surface area contributed by atoms with Crippen LogP contribution in [0.3, 0.4) is 0 Å².